The molecule has 2 aromatic heterocycles. The van der Waals surface area contributed by atoms with Gasteiger partial charge >= 0.3 is 5.97 Å². The van der Waals surface area contributed by atoms with Crippen molar-refractivity contribution in [1.29, 1.82) is 0 Å². The molecule has 9 heteroatoms. The van der Waals surface area contributed by atoms with Crippen molar-refractivity contribution >= 4 is 39.2 Å². The second kappa shape index (κ2) is 9.81. The topological polar surface area (TPSA) is 93.6 Å². The van der Waals surface area contributed by atoms with Crippen LogP contribution in [0.15, 0.2) is 53.9 Å². The van der Waals surface area contributed by atoms with Crippen molar-refractivity contribution in [3.8, 4) is 17.0 Å². The summed E-state index contributed by atoms with van der Waals surface area (Å²) in [6, 6.07) is 15.0. The largest absolute Gasteiger partial charge is 0.497 e. The minimum absolute atomic E-state index is 0.405. The van der Waals surface area contributed by atoms with Gasteiger partial charge in [-0.25, -0.2) is 9.78 Å². The third-order valence-corrected chi connectivity index (χ3v) is 6.67. The highest BCUT2D eigenvalue weighted by Gasteiger charge is 2.26. The lowest BCUT2D eigenvalue weighted by Crippen LogP contribution is -2.30. The molecule has 0 saturated carbocycles. The summed E-state index contributed by atoms with van der Waals surface area (Å²) in [4.78, 5) is 37.0. The van der Waals surface area contributed by atoms with Crippen LogP contribution in [0.2, 0.25) is 0 Å². The van der Waals surface area contributed by atoms with Crippen LogP contribution in [0.25, 0.3) is 22.2 Å². The molecule has 8 nitrogen and oxygen atoms in total. The predicted octanol–water partition coefficient (Wildman–Crippen LogP) is 4.15. The van der Waals surface area contributed by atoms with Gasteiger partial charge in [0.1, 0.15) is 5.75 Å². The number of para-hydroxylation sites is 1. The lowest BCUT2D eigenvalue weighted by molar-refractivity contribution is -0.119. The Balaban J connectivity index is 1.28. The lowest BCUT2D eigenvalue weighted by atomic mass is 9.96. The van der Waals surface area contributed by atoms with Gasteiger partial charge in [0.05, 0.1) is 23.9 Å². The van der Waals surface area contributed by atoms with Crippen molar-refractivity contribution in [3.05, 3.63) is 70.7 Å². The number of nitrogens with zero attached hydrogens (tertiary/aromatic N) is 3. The summed E-state index contributed by atoms with van der Waals surface area (Å²) in [5.74, 6) is -0.212. The fourth-order valence-electron chi connectivity index (χ4n) is 4.14. The summed E-state index contributed by atoms with van der Waals surface area (Å²) >= 11 is 1.31. The SMILES string of the molecule is COc1ccc(-c2csc(NC(=O)COC(=O)c3c4c(nc5ccccc35)CCN(C)C4)n2)cc1. The molecule has 178 valence electrons. The summed E-state index contributed by atoms with van der Waals surface area (Å²) in [6.07, 6.45) is 0.762. The van der Waals surface area contributed by atoms with E-state index in [1.54, 1.807) is 7.11 Å². The van der Waals surface area contributed by atoms with Gasteiger partial charge in [-0.1, -0.05) is 18.2 Å². The molecule has 0 unspecified atom stereocenters. The van der Waals surface area contributed by atoms with E-state index in [1.165, 1.54) is 11.3 Å². The summed E-state index contributed by atoms with van der Waals surface area (Å²) in [5, 5.41) is 5.74. The molecule has 0 bridgehead atoms. The Hall–Kier alpha value is -3.82. The number of pyridine rings is 1. The Morgan fingerprint density at radius 1 is 1.11 bits per heavy atom. The first-order valence-electron chi connectivity index (χ1n) is 11.2. The van der Waals surface area contributed by atoms with Gasteiger partial charge in [-0.15, -0.1) is 11.3 Å². The predicted molar refractivity (Wildman–Crippen MR) is 135 cm³/mol. The van der Waals surface area contributed by atoms with Gasteiger partial charge in [0.2, 0.25) is 0 Å². The molecule has 4 aromatic rings. The molecule has 0 atom stereocenters. The van der Waals surface area contributed by atoms with Crippen molar-refractivity contribution in [1.82, 2.24) is 14.9 Å². The molecule has 1 aliphatic rings. The van der Waals surface area contributed by atoms with Gasteiger partial charge in [-0.2, -0.15) is 0 Å². The van der Waals surface area contributed by atoms with Gasteiger partial charge in [0.15, 0.2) is 11.7 Å². The molecule has 0 spiro atoms. The normalized spacial score (nSPS) is 13.3. The van der Waals surface area contributed by atoms with Crippen LogP contribution in [0, 0.1) is 0 Å². The molecule has 0 saturated heterocycles. The first kappa shape index (κ1) is 22.9. The molecule has 1 aliphatic heterocycles. The highest BCUT2D eigenvalue weighted by atomic mass is 32.1. The number of aromatic nitrogens is 2. The van der Waals surface area contributed by atoms with Crippen molar-refractivity contribution in [2.45, 2.75) is 13.0 Å². The first-order chi connectivity index (χ1) is 17.0. The zero-order chi connectivity index (χ0) is 24.4. The number of thiazole rings is 1. The van der Waals surface area contributed by atoms with Crippen molar-refractivity contribution in [2.24, 2.45) is 0 Å². The molecule has 3 heterocycles. The van der Waals surface area contributed by atoms with E-state index in [-0.39, 0.29) is 0 Å². The molecule has 0 aliphatic carbocycles. The third-order valence-electron chi connectivity index (χ3n) is 5.91. The van der Waals surface area contributed by atoms with Gasteiger partial charge in [-0.05, 0) is 37.4 Å². The van der Waals surface area contributed by atoms with E-state index in [1.807, 2.05) is 61.0 Å². The highest BCUT2D eigenvalue weighted by Crippen LogP contribution is 2.29. The average molecular weight is 489 g/mol. The number of esters is 1. The number of nitrogens with one attached hydrogen (secondary N) is 1. The molecule has 1 N–H and O–H groups in total. The first-order valence-corrected chi connectivity index (χ1v) is 12.1. The number of fused-ring (bicyclic) bond motifs is 2. The minimum Gasteiger partial charge on any atom is -0.497 e. The number of likely N-dealkylation sites (N-methyl/N-ethyl adjacent to an activating group) is 1. The third kappa shape index (κ3) is 4.87. The molecule has 0 radical (unpaired) electrons. The number of carbonyl (C=O) groups is 2. The Labute approximate surface area is 206 Å². The van der Waals surface area contributed by atoms with Gasteiger partial charge in [-0.3, -0.25) is 15.1 Å². The summed E-state index contributed by atoms with van der Waals surface area (Å²) in [6.45, 7) is 1.08. The quantitative estimate of drug-likeness (QED) is 0.408. The zero-order valence-corrected chi connectivity index (χ0v) is 20.2. The van der Waals surface area contributed by atoms with Crippen molar-refractivity contribution in [2.75, 3.05) is 32.6 Å². The number of methoxy groups -OCH3 is 1. The summed E-state index contributed by atoms with van der Waals surface area (Å²) in [7, 11) is 3.62. The maximum Gasteiger partial charge on any atom is 0.339 e. The number of ether oxygens (including phenoxy) is 2. The van der Waals surface area contributed by atoms with Crippen LogP contribution in [-0.4, -0.2) is 54.1 Å². The van der Waals surface area contributed by atoms with Crippen LogP contribution >= 0.6 is 11.3 Å². The molecule has 0 fully saturated rings. The Kier molecular flexibility index (Phi) is 6.43. The molecular formula is C26H24N4O4S. The number of carbonyl (C=O) groups excluding carboxylic acids is 2. The summed E-state index contributed by atoms with van der Waals surface area (Å²) in [5.41, 5.74) is 4.67. The molecule has 2 aromatic carbocycles. The van der Waals surface area contributed by atoms with E-state index in [4.69, 9.17) is 14.5 Å². The van der Waals surface area contributed by atoms with Crippen LogP contribution < -0.4 is 10.1 Å². The van der Waals surface area contributed by atoms with E-state index in [0.717, 1.165) is 52.1 Å². The minimum atomic E-state index is -0.525. The lowest BCUT2D eigenvalue weighted by Gasteiger charge is -2.26. The van der Waals surface area contributed by atoms with Crippen molar-refractivity contribution < 1.29 is 19.1 Å². The number of benzene rings is 2. The van der Waals surface area contributed by atoms with Crippen molar-refractivity contribution in [3.63, 3.8) is 0 Å². The van der Waals surface area contributed by atoms with Gasteiger partial charge in [0, 0.05) is 47.1 Å². The van der Waals surface area contributed by atoms with E-state index in [0.29, 0.717) is 17.2 Å². The van der Waals surface area contributed by atoms with Gasteiger partial charge < -0.3 is 14.4 Å². The fraction of sp³-hybridized carbons (Fsp3) is 0.231. The maximum atomic E-state index is 13.2. The standard InChI is InChI=1S/C26H24N4O4S/c1-30-12-11-21-19(13-30)24(18-5-3-4-6-20(18)27-21)25(32)34-14-23(31)29-26-28-22(15-35-26)16-7-9-17(33-2)10-8-16/h3-10,15H,11-14H2,1-2H3,(H,28,29,31). The highest BCUT2D eigenvalue weighted by molar-refractivity contribution is 7.14. The van der Waals surface area contributed by atoms with E-state index in [2.05, 4.69) is 15.2 Å². The van der Waals surface area contributed by atoms with Crippen LogP contribution in [-0.2, 0) is 22.5 Å². The maximum absolute atomic E-state index is 13.2. The smallest absolute Gasteiger partial charge is 0.339 e. The Bertz CT molecular complexity index is 1400. The van der Waals surface area contributed by atoms with Gasteiger partial charge in [0.25, 0.3) is 5.91 Å². The monoisotopic (exact) mass is 488 g/mol. The summed E-state index contributed by atoms with van der Waals surface area (Å²) < 4.78 is 10.6. The second-order valence-electron chi connectivity index (χ2n) is 8.31. The Morgan fingerprint density at radius 2 is 1.91 bits per heavy atom. The molecule has 5 rings (SSSR count). The number of hydrogen-bond donors (Lipinski definition) is 1. The van der Waals surface area contributed by atoms with E-state index < -0.39 is 18.5 Å². The Morgan fingerprint density at radius 3 is 2.71 bits per heavy atom. The van der Waals surface area contributed by atoms with Crippen LogP contribution in [0.3, 0.4) is 0 Å². The van der Waals surface area contributed by atoms with E-state index in [9.17, 15) is 9.59 Å². The number of amides is 1. The van der Waals surface area contributed by atoms with E-state index >= 15 is 0 Å². The van der Waals surface area contributed by atoms with Crippen LogP contribution in [0.1, 0.15) is 21.6 Å². The van der Waals surface area contributed by atoms with Crippen LogP contribution in [0.5, 0.6) is 5.75 Å². The fourth-order valence-corrected chi connectivity index (χ4v) is 4.88. The molecular weight excluding hydrogens is 464 g/mol. The molecule has 35 heavy (non-hydrogen) atoms. The number of hydrogen-bond acceptors (Lipinski definition) is 8. The average Bonchev–Trinajstić information content (AvgIpc) is 3.34. The molecule has 1 amide bonds. The number of rotatable bonds is 6. The second-order valence-corrected chi connectivity index (χ2v) is 9.17. The number of anilines is 1. The van der Waals surface area contributed by atoms with Crippen LogP contribution in [0.4, 0.5) is 5.13 Å². The zero-order valence-electron chi connectivity index (χ0n) is 19.4.